The molecule has 0 saturated heterocycles. The van der Waals surface area contributed by atoms with Gasteiger partial charge in [-0.3, -0.25) is 0 Å². The molecule has 3 nitrogen and oxygen atoms in total. The maximum atomic E-state index is 13.3. The van der Waals surface area contributed by atoms with Crippen LogP contribution in [0.5, 0.6) is 0 Å². The first-order valence-electron chi connectivity index (χ1n) is 5.98. The number of nitrogens with zero attached hydrogens (tertiary/aromatic N) is 1. The zero-order chi connectivity index (χ0) is 13.8. The predicted molar refractivity (Wildman–Crippen MR) is 74.8 cm³/mol. The average molecular weight is 259 g/mol. The van der Waals surface area contributed by atoms with Gasteiger partial charge in [-0.05, 0) is 23.8 Å². The van der Waals surface area contributed by atoms with E-state index in [1.165, 1.54) is 12.1 Å². The third-order valence-electron chi connectivity index (χ3n) is 2.96. The van der Waals surface area contributed by atoms with Crippen LogP contribution in [0.25, 0.3) is 0 Å². The van der Waals surface area contributed by atoms with E-state index in [1.54, 1.807) is 6.07 Å². The molecule has 5 heteroatoms. The van der Waals surface area contributed by atoms with Crippen LogP contribution in [0.4, 0.5) is 10.1 Å². The zero-order valence-electron chi connectivity index (χ0n) is 10.6. The molecule has 0 unspecified atom stereocenters. The second kappa shape index (κ2) is 5.86. The molecule has 0 fully saturated rings. The van der Waals surface area contributed by atoms with E-state index in [9.17, 15) is 4.39 Å². The van der Waals surface area contributed by atoms with E-state index in [0.29, 0.717) is 6.54 Å². The van der Waals surface area contributed by atoms with Crippen molar-refractivity contribution >= 4 is 18.3 Å². The molecule has 19 heavy (non-hydrogen) atoms. The summed E-state index contributed by atoms with van der Waals surface area (Å²) in [5.41, 5.74) is 1.76. The van der Waals surface area contributed by atoms with Gasteiger partial charge in [0.05, 0.1) is 0 Å². The summed E-state index contributed by atoms with van der Waals surface area (Å²) in [6.07, 6.45) is 0. The van der Waals surface area contributed by atoms with Gasteiger partial charge < -0.3 is 14.9 Å². The molecule has 2 N–H and O–H groups in total. The molecule has 0 spiro atoms. The number of para-hydroxylation sites is 1. The highest BCUT2D eigenvalue weighted by molar-refractivity contribution is 6.58. The van der Waals surface area contributed by atoms with Crippen molar-refractivity contribution in [2.45, 2.75) is 6.54 Å². The summed E-state index contributed by atoms with van der Waals surface area (Å²) in [4.78, 5) is 2.00. The van der Waals surface area contributed by atoms with Crippen molar-refractivity contribution in [3.8, 4) is 0 Å². The number of halogens is 1. The molecule has 0 aromatic heterocycles. The molecule has 0 saturated carbocycles. The number of hydrogen-bond acceptors (Lipinski definition) is 3. The van der Waals surface area contributed by atoms with E-state index in [-0.39, 0.29) is 5.46 Å². The van der Waals surface area contributed by atoms with Crippen LogP contribution in [0.15, 0.2) is 48.5 Å². The summed E-state index contributed by atoms with van der Waals surface area (Å²) in [5.74, 6) is -0.610. The van der Waals surface area contributed by atoms with Crippen LogP contribution >= 0.6 is 0 Å². The SMILES string of the molecule is CN(Cc1ccc(F)c(B(O)O)c1)c1ccccc1. The van der Waals surface area contributed by atoms with Crippen molar-refractivity contribution < 1.29 is 14.4 Å². The molecule has 0 aliphatic carbocycles. The van der Waals surface area contributed by atoms with Crippen LogP contribution < -0.4 is 10.4 Å². The van der Waals surface area contributed by atoms with Gasteiger partial charge in [0.2, 0.25) is 0 Å². The van der Waals surface area contributed by atoms with Gasteiger partial charge >= 0.3 is 7.12 Å². The van der Waals surface area contributed by atoms with E-state index in [1.807, 2.05) is 42.3 Å². The van der Waals surface area contributed by atoms with Crippen molar-refractivity contribution in [1.82, 2.24) is 0 Å². The van der Waals surface area contributed by atoms with Crippen LogP contribution in [-0.4, -0.2) is 24.2 Å². The number of anilines is 1. The van der Waals surface area contributed by atoms with Crippen molar-refractivity contribution in [2.75, 3.05) is 11.9 Å². The normalized spacial score (nSPS) is 10.3. The standard InChI is InChI=1S/C14H15BFNO2/c1-17(12-5-3-2-4-6-12)10-11-7-8-14(16)13(9-11)15(18)19/h2-9,18-19H,10H2,1H3. The molecule has 0 radical (unpaired) electrons. The smallest absolute Gasteiger partial charge is 0.423 e. The molecule has 0 atom stereocenters. The summed E-state index contributed by atoms with van der Waals surface area (Å²) < 4.78 is 13.3. The van der Waals surface area contributed by atoms with Gasteiger partial charge in [-0.2, -0.15) is 0 Å². The highest BCUT2D eigenvalue weighted by Gasteiger charge is 2.17. The zero-order valence-corrected chi connectivity index (χ0v) is 10.6. The average Bonchev–Trinajstić information content (AvgIpc) is 2.41. The summed E-state index contributed by atoms with van der Waals surface area (Å²) in [7, 11) is 0.135. The lowest BCUT2D eigenvalue weighted by molar-refractivity contribution is 0.423. The summed E-state index contributed by atoms with van der Waals surface area (Å²) in [6, 6.07) is 14.1. The van der Waals surface area contributed by atoms with Crippen molar-refractivity contribution in [3.63, 3.8) is 0 Å². The Balaban J connectivity index is 2.18. The van der Waals surface area contributed by atoms with E-state index in [4.69, 9.17) is 10.0 Å². The van der Waals surface area contributed by atoms with Gasteiger partial charge in [0, 0.05) is 24.7 Å². The lowest BCUT2D eigenvalue weighted by Gasteiger charge is -2.19. The largest absolute Gasteiger partial charge is 0.491 e. The van der Waals surface area contributed by atoms with Crippen LogP contribution in [0.3, 0.4) is 0 Å². The Hall–Kier alpha value is -1.85. The van der Waals surface area contributed by atoms with Crippen molar-refractivity contribution in [3.05, 3.63) is 59.9 Å². The summed E-state index contributed by atoms with van der Waals surface area (Å²) >= 11 is 0. The quantitative estimate of drug-likeness (QED) is 0.809. The highest BCUT2D eigenvalue weighted by Crippen LogP contribution is 2.14. The maximum Gasteiger partial charge on any atom is 0.491 e. The second-order valence-corrected chi connectivity index (χ2v) is 4.42. The van der Waals surface area contributed by atoms with Crippen LogP contribution in [0.2, 0.25) is 0 Å². The van der Waals surface area contributed by atoms with Gasteiger partial charge in [0.1, 0.15) is 5.82 Å². The molecule has 2 aromatic carbocycles. The van der Waals surface area contributed by atoms with E-state index in [0.717, 1.165) is 11.3 Å². The molecule has 98 valence electrons. The molecule has 0 heterocycles. The van der Waals surface area contributed by atoms with Gasteiger partial charge in [-0.1, -0.05) is 30.3 Å². The van der Waals surface area contributed by atoms with E-state index < -0.39 is 12.9 Å². The molecule has 0 aliphatic heterocycles. The molecule has 2 rings (SSSR count). The molecule has 0 bridgehead atoms. The number of rotatable bonds is 4. The number of hydrogen-bond donors (Lipinski definition) is 2. The molecule has 2 aromatic rings. The fraction of sp³-hybridized carbons (Fsp3) is 0.143. The number of benzene rings is 2. The van der Waals surface area contributed by atoms with Gasteiger partial charge in [0.15, 0.2) is 0 Å². The third kappa shape index (κ3) is 3.33. The van der Waals surface area contributed by atoms with E-state index in [2.05, 4.69) is 0 Å². The fourth-order valence-corrected chi connectivity index (χ4v) is 1.94. The summed E-state index contributed by atoms with van der Waals surface area (Å²) in [5, 5.41) is 18.2. The predicted octanol–water partition coefficient (Wildman–Crippen LogP) is 1.14. The first kappa shape index (κ1) is 13.6. The fourth-order valence-electron chi connectivity index (χ4n) is 1.94. The van der Waals surface area contributed by atoms with Crippen LogP contribution in [0, 0.1) is 5.82 Å². The first-order chi connectivity index (χ1) is 9.08. The Kier molecular flexibility index (Phi) is 4.19. The lowest BCUT2D eigenvalue weighted by Crippen LogP contribution is -2.33. The Bertz CT molecular complexity index is 548. The maximum absolute atomic E-state index is 13.3. The van der Waals surface area contributed by atoms with Gasteiger partial charge in [0.25, 0.3) is 0 Å². The Morgan fingerprint density at radius 1 is 1.11 bits per heavy atom. The Labute approximate surface area is 112 Å². The lowest BCUT2D eigenvalue weighted by atomic mass is 9.79. The van der Waals surface area contributed by atoms with Crippen molar-refractivity contribution in [1.29, 1.82) is 0 Å². The Morgan fingerprint density at radius 3 is 2.42 bits per heavy atom. The monoisotopic (exact) mass is 259 g/mol. The van der Waals surface area contributed by atoms with Crippen LogP contribution in [0.1, 0.15) is 5.56 Å². The Morgan fingerprint density at radius 2 is 1.79 bits per heavy atom. The van der Waals surface area contributed by atoms with Crippen LogP contribution in [-0.2, 0) is 6.54 Å². The first-order valence-corrected chi connectivity index (χ1v) is 5.98. The highest BCUT2D eigenvalue weighted by atomic mass is 19.1. The minimum atomic E-state index is -1.79. The molecule has 0 amide bonds. The minimum absolute atomic E-state index is 0.0982. The molecule has 0 aliphatic rings. The third-order valence-corrected chi connectivity index (χ3v) is 2.96. The topological polar surface area (TPSA) is 43.7 Å². The molecular weight excluding hydrogens is 244 g/mol. The van der Waals surface area contributed by atoms with Gasteiger partial charge in [-0.15, -0.1) is 0 Å². The molecular formula is C14H15BFNO2. The van der Waals surface area contributed by atoms with E-state index >= 15 is 0 Å². The summed E-state index contributed by atoms with van der Waals surface area (Å²) in [6.45, 7) is 0.560. The second-order valence-electron chi connectivity index (χ2n) is 4.42. The minimum Gasteiger partial charge on any atom is -0.423 e. The van der Waals surface area contributed by atoms with Gasteiger partial charge in [-0.25, -0.2) is 4.39 Å². The van der Waals surface area contributed by atoms with Crippen molar-refractivity contribution in [2.24, 2.45) is 0 Å².